The van der Waals surface area contributed by atoms with Crippen molar-refractivity contribution in [2.45, 2.75) is 0 Å². The molecule has 0 aromatic carbocycles. The summed E-state index contributed by atoms with van der Waals surface area (Å²) in [6, 6.07) is 0. The van der Waals surface area contributed by atoms with Crippen molar-refractivity contribution in [2.75, 3.05) is 0 Å². The first-order valence-electron chi connectivity index (χ1n) is 0.567. The van der Waals surface area contributed by atoms with Crippen molar-refractivity contribution >= 4 is 51.2 Å². The van der Waals surface area contributed by atoms with Crippen LogP contribution in [0.15, 0.2) is 0 Å². The third-order valence-electron chi connectivity index (χ3n) is 0. The van der Waals surface area contributed by atoms with Gasteiger partial charge in [-0.25, -0.2) is 0 Å². The van der Waals surface area contributed by atoms with Crippen LogP contribution in [0, 0.1) is 0 Å². The zero-order chi connectivity index (χ0) is 3.58. The monoisotopic (exact) mass is 359 g/mol. The molecule has 0 nitrogen and oxygen atoms in total. The molecule has 0 saturated heterocycles. The fraction of sp³-hybridized carbons (Fsp3) is 0. The molecule has 0 aliphatic heterocycles. The maximum atomic E-state index is 3.30. The molecule has 4 heavy (non-hydrogen) atoms. The van der Waals surface area contributed by atoms with E-state index in [9.17, 15) is 0 Å². The molecule has 0 unspecified atom stereocenters. The minimum absolute atomic E-state index is 1.11. The van der Waals surface area contributed by atoms with Crippen molar-refractivity contribution < 1.29 is 0 Å². The van der Waals surface area contributed by atoms with Crippen molar-refractivity contribution in [3.63, 3.8) is 0 Å². The van der Waals surface area contributed by atoms with Gasteiger partial charge in [-0.2, -0.15) is 0 Å². The van der Waals surface area contributed by atoms with E-state index < -0.39 is 13.5 Å². The van der Waals surface area contributed by atoms with Gasteiger partial charge >= 0.3 is 51.2 Å². The van der Waals surface area contributed by atoms with E-state index in [1.54, 1.807) is 0 Å². The Morgan fingerprint density at radius 3 is 1.00 bits per heavy atom. The van der Waals surface area contributed by atoms with Crippen LogP contribution in [0.5, 0.6) is 0 Å². The van der Waals surface area contributed by atoms with Gasteiger partial charge in [-0.3, -0.25) is 0 Å². The molecular weight excluding hydrogens is 361 g/mol. The molecule has 0 aromatic rings. The van der Waals surface area contributed by atoms with Gasteiger partial charge in [0.25, 0.3) is 0 Å². The van der Waals surface area contributed by atoms with Crippen LogP contribution >= 0.6 is 37.8 Å². The summed E-state index contributed by atoms with van der Waals surface area (Å²) >= 11 is 8.80. The molecule has 0 atom stereocenters. The summed E-state index contributed by atoms with van der Waals surface area (Å²) in [4.78, 5) is 0. The quantitative estimate of drug-likeness (QED) is 0.578. The van der Waals surface area contributed by atoms with Crippen molar-refractivity contribution in [1.29, 1.82) is 0 Å². The second-order valence-corrected chi connectivity index (χ2v) is 38.8. The molecule has 0 fully saturated rings. The summed E-state index contributed by atoms with van der Waals surface area (Å²) < 4.78 is 0. The summed E-state index contributed by atoms with van der Waals surface area (Å²) in [7, 11) is 0. The molecule has 0 spiro atoms. The van der Waals surface area contributed by atoms with E-state index in [1.165, 1.54) is 0 Å². The van der Waals surface area contributed by atoms with E-state index in [4.69, 9.17) is 0 Å². The summed E-state index contributed by atoms with van der Waals surface area (Å²) in [6.07, 6.45) is 0. The van der Waals surface area contributed by atoms with Crippen LogP contribution in [0.3, 0.4) is 0 Å². The summed E-state index contributed by atoms with van der Waals surface area (Å²) in [5.41, 5.74) is 0. The molecule has 0 aromatic heterocycles. The van der Waals surface area contributed by atoms with Gasteiger partial charge in [0.1, 0.15) is 0 Å². The van der Waals surface area contributed by atoms with Crippen LogP contribution in [-0.4, -0.2) is 13.5 Å². The van der Waals surface area contributed by atoms with Gasteiger partial charge < -0.3 is 0 Å². The van der Waals surface area contributed by atoms with Crippen LogP contribution in [0.25, 0.3) is 0 Å². The molecule has 0 heterocycles. The van der Waals surface area contributed by atoms with Crippen LogP contribution in [0.1, 0.15) is 0 Å². The summed E-state index contributed by atoms with van der Waals surface area (Å²) in [5.74, 6) is 0. The summed E-state index contributed by atoms with van der Waals surface area (Å²) in [5, 5.41) is 0. The van der Waals surface area contributed by atoms with Gasteiger partial charge in [0.05, 0.1) is 0 Å². The molecule has 27 valence electrons. The van der Waals surface area contributed by atoms with E-state index in [0.29, 0.717) is 0 Å². The molecule has 0 N–H and O–H groups in total. The standard InChI is InChI=1S/3BrH.Sb.H/h3*1H;;/q;;;+3;/p-3. The Morgan fingerprint density at radius 1 is 1.00 bits per heavy atom. The van der Waals surface area contributed by atoms with Crippen molar-refractivity contribution in [2.24, 2.45) is 0 Å². The van der Waals surface area contributed by atoms with Gasteiger partial charge in [0.2, 0.25) is 0 Å². The van der Waals surface area contributed by atoms with E-state index in [-0.39, 0.29) is 0 Å². The minimum atomic E-state index is -1.11. The number of rotatable bonds is 0. The molecule has 1 radical (unpaired) electrons. The summed E-state index contributed by atoms with van der Waals surface area (Å²) in [6.45, 7) is 0. The van der Waals surface area contributed by atoms with E-state index in [2.05, 4.69) is 37.8 Å². The molecule has 4 heteroatoms. The Morgan fingerprint density at radius 2 is 1.00 bits per heavy atom. The Labute approximate surface area is 50.3 Å². The van der Waals surface area contributed by atoms with Gasteiger partial charge in [-0.15, -0.1) is 0 Å². The first-order valence-corrected chi connectivity index (χ1v) is 19.8. The van der Waals surface area contributed by atoms with Gasteiger partial charge in [-0.05, 0) is 0 Å². The van der Waals surface area contributed by atoms with Crippen LogP contribution in [0.4, 0.5) is 0 Å². The van der Waals surface area contributed by atoms with Crippen LogP contribution < -0.4 is 0 Å². The average molecular weight is 362 g/mol. The maximum absolute atomic E-state index is 3.30. The molecule has 0 rings (SSSR count). The zero-order valence-electron chi connectivity index (χ0n) is 1.63. The molecular formula is HBr3Sb. The molecule has 0 saturated carbocycles. The second-order valence-electron chi connectivity index (χ2n) is 0.214. The van der Waals surface area contributed by atoms with E-state index in [1.807, 2.05) is 0 Å². The average Bonchev–Trinajstić information content (AvgIpc) is 0.811. The Hall–Kier alpha value is 2.26. The molecule has 0 bridgehead atoms. The van der Waals surface area contributed by atoms with Gasteiger partial charge in [-0.1, -0.05) is 0 Å². The number of hydrogen-bond acceptors (Lipinski definition) is 0. The normalized spacial score (nSPS) is 9.00. The Balaban J connectivity index is 2.32. The van der Waals surface area contributed by atoms with E-state index in [0.717, 1.165) is 0 Å². The van der Waals surface area contributed by atoms with E-state index >= 15 is 0 Å². The first-order chi connectivity index (χ1) is 1.73. The first kappa shape index (κ1) is 6.26. The number of halogens is 3. The Bertz CT molecular complexity index is 8.00. The predicted octanol–water partition coefficient (Wildman–Crippen LogP) is 1.89. The topological polar surface area (TPSA) is 0 Å². The van der Waals surface area contributed by atoms with Crippen molar-refractivity contribution in [3.05, 3.63) is 0 Å². The molecule has 0 aliphatic rings. The third kappa shape index (κ3) is 8.86. The van der Waals surface area contributed by atoms with Crippen molar-refractivity contribution in [3.8, 4) is 0 Å². The fourth-order valence-corrected chi connectivity index (χ4v) is 0. The molecule has 0 amide bonds. The third-order valence-corrected chi connectivity index (χ3v) is 0. The SMILES string of the molecule is [Br][SbH]([Br])[Br]. The zero-order valence-corrected chi connectivity index (χ0v) is 9.25. The Kier molecular flexibility index (Phi) is 5.40. The fourth-order valence-electron chi connectivity index (χ4n) is 0. The molecule has 0 aliphatic carbocycles. The van der Waals surface area contributed by atoms with Crippen LogP contribution in [-0.2, 0) is 0 Å². The number of hydrogen-bond donors (Lipinski definition) is 0. The van der Waals surface area contributed by atoms with Crippen molar-refractivity contribution in [1.82, 2.24) is 0 Å². The van der Waals surface area contributed by atoms with Gasteiger partial charge in [0.15, 0.2) is 0 Å². The van der Waals surface area contributed by atoms with Gasteiger partial charge in [0, 0.05) is 0 Å². The predicted molar refractivity (Wildman–Crippen MR) is 33.9 cm³/mol. The van der Waals surface area contributed by atoms with Crippen LogP contribution in [0.2, 0.25) is 0 Å². The second kappa shape index (κ2) is 3.45.